The Morgan fingerprint density at radius 1 is 1.89 bits per heavy atom. The van der Waals surface area contributed by atoms with Crippen LogP contribution in [-0.2, 0) is 4.74 Å². The van der Waals surface area contributed by atoms with Gasteiger partial charge in [-0.15, -0.1) is 12.4 Å². The van der Waals surface area contributed by atoms with Gasteiger partial charge in [-0.05, 0) is 0 Å². The van der Waals surface area contributed by atoms with Crippen LogP contribution in [0.25, 0.3) is 0 Å². The van der Waals surface area contributed by atoms with Crippen molar-refractivity contribution < 1.29 is 9.84 Å². The lowest BCUT2D eigenvalue weighted by atomic mass is 10.4. The molecule has 5 heteroatoms. The number of aliphatic hydroxyl groups is 1. The monoisotopic (exact) mass is 154 g/mol. The molecule has 0 spiro atoms. The summed E-state index contributed by atoms with van der Waals surface area (Å²) in [6.45, 7) is 0. The van der Waals surface area contributed by atoms with Gasteiger partial charge in [0.25, 0.3) is 0 Å². The van der Waals surface area contributed by atoms with E-state index in [0.717, 1.165) is 0 Å². The number of nitrogens with one attached hydrogen (secondary N) is 1. The van der Waals surface area contributed by atoms with Crippen LogP contribution in [0.5, 0.6) is 0 Å². The van der Waals surface area contributed by atoms with Crippen molar-refractivity contribution in [2.24, 2.45) is 5.73 Å². The van der Waals surface area contributed by atoms with Crippen LogP contribution < -0.4 is 5.73 Å². The maximum absolute atomic E-state index is 8.59. The Kier molecular flexibility index (Phi) is 7.41. The number of nitrogens with two attached hydrogens (primary N) is 1. The summed E-state index contributed by atoms with van der Waals surface area (Å²) in [4.78, 5) is 0. The molecule has 0 amide bonds. The Bertz CT molecular complexity index is 88.6. The largest absolute Gasteiger partial charge is 0.388 e. The van der Waals surface area contributed by atoms with E-state index in [4.69, 9.17) is 16.2 Å². The summed E-state index contributed by atoms with van der Waals surface area (Å²) < 4.78 is 4.40. The van der Waals surface area contributed by atoms with Crippen molar-refractivity contribution in [2.75, 3.05) is 7.11 Å². The van der Waals surface area contributed by atoms with Gasteiger partial charge in [-0.1, -0.05) is 0 Å². The Balaban J connectivity index is 0. The van der Waals surface area contributed by atoms with Gasteiger partial charge in [0.05, 0.1) is 12.3 Å². The van der Waals surface area contributed by atoms with Crippen LogP contribution in [0, 0.1) is 5.41 Å². The van der Waals surface area contributed by atoms with E-state index in [0.29, 0.717) is 0 Å². The number of ether oxygens (including phenoxy) is 1. The van der Waals surface area contributed by atoms with E-state index in [1.807, 2.05) is 0 Å². The number of rotatable bonds is 3. The van der Waals surface area contributed by atoms with E-state index < -0.39 is 6.29 Å². The first-order valence-corrected chi connectivity index (χ1v) is 2.20. The zero-order valence-electron chi connectivity index (χ0n) is 5.13. The van der Waals surface area contributed by atoms with Crippen LogP contribution in [0.3, 0.4) is 0 Å². The summed E-state index contributed by atoms with van der Waals surface area (Å²) in [5, 5.41) is 15.3. The summed E-state index contributed by atoms with van der Waals surface area (Å²) in [5.74, 6) is -0.0700. The minimum absolute atomic E-state index is 0. The second-order valence-electron chi connectivity index (χ2n) is 1.42. The van der Waals surface area contributed by atoms with Crippen LogP contribution in [0.2, 0.25) is 0 Å². The molecule has 0 aromatic rings. The summed E-state index contributed by atoms with van der Waals surface area (Å²) in [5.41, 5.74) is 4.91. The molecule has 0 heterocycles. The van der Waals surface area contributed by atoms with E-state index in [9.17, 15) is 0 Å². The fourth-order valence-electron chi connectivity index (χ4n) is 0.271. The highest BCUT2D eigenvalue weighted by molar-refractivity contribution is 5.85. The number of amidine groups is 1. The van der Waals surface area contributed by atoms with Crippen LogP contribution in [0.1, 0.15) is 6.42 Å². The first kappa shape index (κ1) is 11.5. The minimum atomic E-state index is -0.924. The molecule has 0 saturated heterocycles. The summed E-state index contributed by atoms with van der Waals surface area (Å²) >= 11 is 0. The lowest BCUT2D eigenvalue weighted by Gasteiger charge is -2.04. The third kappa shape index (κ3) is 7.68. The fourth-order valence-corrected chi connectivity index (χ4v) is 0.271. The van der Waals surface area contributed by atoms with Gasteiger partial charge in [-0.3, -0.25) is 5.41 Å². The maximum Gasteiger partial charge on any atom is 0.161 e. The van der Waals surface area contributed by atoms with Crippen LogP contribution in [0.4, 0.5) is 0 Å². The second-order valence-corrected chi connectivity index (χ2v) is 1.42. The number of aliphatic hydroxyl groups excluding tert-OH is 1. The van der Waals surface area contributed by atoms with Crippen LogP contribution in [-0.4, -0.2) is 24.3 Å². The molecule has 0 fully saturated rings. The second kappa shape index (κ2) is 5.81. The topological polar surface area (TPSA) is 79.3 Å². The number of halogens is 1. The van der Waals surface area contributed by atoms with Crippen LogP contribution >= 0.6 is 12.4 Å². The third-order valence-electron chi connectivity index (χ3n) is 0.667. The molecule has 0 aromatic carbocycles. The molecule has 0 aliphatic heterocycles. The zero-order valence-corrected chi connectivity index (χ0v) is 5.94. The molecular weight excluding hydrogens is 144 g/mol. The number of hydrogen-bond acceptors (Lipinski definition) is 3. The van der Waals surface area contributed by atoms with Crippen molar-refractivity contribution >= 4 is 18.2 Å². The summed E-state index contributed by atoms with van der Waals surface area (Å²) in [7, 11) is 1.35. The van der Waals surface area contributed by atoms with Crippen molar-refractivity contribution in [3.63, 3.8) is 0 Å². The van der Waals surface area contributed by atoms with Crippen molar-refractivity contribution in [1.82, 2.24) is 0 Å². The Morgan fingerprint density at radius 3 is 2.44 bits per heavy atom. The fraction of sp³-hybridized carbons (Fsp3) is 0.750. The molecule has 0 radical (unpaired) electrons. The van der Waals surface area contributed by atoms with Gasteiger partial charge in [0.1, 0.15) is 0 Å². The summed E-state index contributed by atoms with van der Waals surface area (Å²) in [6.07, 6.45) is -0.844. The molecule has 0 saturated carbocycles. The Morgan fingerprint density at radius 2 is 2.33 bits per heavy atom. The van der Waals surface area contributed by atoms with Gasteiger partial charge in [-0.2, -0.15) is 0 Å². The predicted molar refractivity (Wildman–Crippen MR) is 36.8 cm³/mol. The maximum atomic E-state index is 8.59. The van der Waals surface area contributed by atoms with Crippen molar-refractivity contribution in [2.45, 2.75) is 12.7 Å². The molecule has 0 bridgehead atoms. The van der Waals surface area contributed by atoms with Gasteiger partial charge in [-0.25, -0.2) is 0 Å². The molecule has 0 aromatic heterocycles. The highest BCUT2D eigenvalue weighted by Gasteiger charge is 2.00. The molecule has 0 rings (SSSR count). The Hall–Kier alpha value is -0.320. The van der Waals surface area contributed by atoms with E-state index in [2.05, 4.69) is 4.74 Å². The first-order chi connectivity index (χ1) is 3.66. The van der Waals surface area contributed by atoms with Gasteiger partial charge in [0, 0.05) is 7.11 Å². The van der Waals surface area contributed by atoms with E-state index in [-0.39, 0.29) is 24.7 Å². The van der Waals surface area contributed by atoms with Crippen LogP contribution in [0.15, 0.2) is 0 Å². The molecule has 56 valence electrons. The van der Waals surface area contributed by atoms with E-state index in [1.54, 1.807) is 0 Å². The van der Waals surface area contributed by atoms with E-state index in [1.165, 1.54) is 7.11 Å². The average molecular weight is 155 g/mol. The van der Waals surface area contributed by atoms with Crippen molar-refractivity contribution in [3.8, 4) is 0 Å². The molecule has 0 aliphatic carbocycles. The molecule has 1 atom stereocenters. The molecular formula is C4H11ClN2O2. The normalized spacial score (nSPS) is 11.8. The third-order valence-corrected chi connectivity index (χ3v) is 0.667. The molecule has 1 unspecified atom stereocenters. The predicted octanol–water partition coefficient (Wildman–Crippen LogP) is -0.301. The molecule has 4 N–H and O–H groups in total. The highest BCUT2D eigenvalue weighted by Crippen LogP contribution is 1.88. The molecule has 4 nitrogen and oxygen atoms in total. The SMILES string of the molecule is COC(O)CC(=N)N.Cl. The summed E-state index contributed by atoms with van der Waals surface area (Å²) in [6, 6.07) is 0. The Labute approximate surface area is 59.9 Å². The lowest BCUT2D eigenvalue weighted by molar-refractivity contribution is -0.0673. The zero-order chi connectivity index (χ0) is 6.57. The van der Waals surface area contributed by atoms with Crippen molar-refractivity contribution in [3.05, 3.63) is 0 Å². The lowest BCUT2D eigenvalue weighted by Crippen LogP contribution is -2.20. The number of methoxy groups -OCH3 is 1. The molecule has 0 aliphatic rings. The smallest absolute Gasteiger partial charge is 0.161 e. The molecule has 9 heavy (non-hydrogen) atoms. The highest BCUT2D eigenvalue weighted by atomic mass is 35.5. The number of hydrogen-bond donors (Lipinski definition) is 3. The quantitative estimate of drug-likeness (QED) is 0.297. The standard InChI is InChI=1S/C4H10N2O2.ClH/c1-8-4(7)2-3(5)6;/h4,7H,2H2,1H3,(H3,5,6);1H. The van der Waals surface area contributed by atoms with E-state index >= 15 is 0 Å². The van der Waals surface area contributed by atoms with Gasteiger partial charge in [0.15, 0.2) is 6.29 Å². The van der Waals surface area contributed by atoms with Gasteiger partial charge >= 0.3 is 0 Å². The van der Waals surface area contributed by atoms with Gasteiger partial charge < -0.3 is 15.6 Å². The average Bonchev–Trinajstić information content (AvgIpc) is 1.65. The first-order valence-electron chi connectivity index (χ1n) is 2.20. The van der Waals surface area contributed by atoms with Gasteiger partial charge in [0.2, 0.25) is 0 Å². The minimum Gasteiger partial charge on any atom is -0.388 e. The van der Waals surface area contributed by atoms with Crippen molar-refractivity contribution in [1.29, 1.82) is 5.41 Å².